The highest BCUT2D eigenvalue weighted by atomic mass is 35.5. The Morgan fingerprint density at radius 2 is 2.09 bits per heavy atom. The van der Waals surface area contributed by atoms with Crippen LogP contribution in [0.2, 0.25) is 5.15 Å². The van der Waals surface area contributed by atoms with E-state index in [1.807, 2.05) is 0 Å². The predicted octanol–water partition coefficient (Wildman–Crippen LogP) is 1.93. The fraction of sp³-hybridized carbons (Fsp3) is 0.467. The van der Waals surface area contributed by atoms with Gasteiger partial charge >= 0.3 is 6.03 Å². The van der Waals surface area contributed by atoms with Gasteiger partial charge in [-0.1, -0.05) is 24.4 Å². The summed E-state index contributed by atoms with van der Waals surface area (Å²) in [5.74, 6) is -0.760. The minimum atomic E-state index is -0.904. The van der Waals surface area contributed by atoms with Crippen molar-refractivity contribution >= 4 is 35.1 Å². The van der Waals surface area contributed by atoms with Crippen LogP contribution in [0.1, 0.15) is 32.6 Å². The lowest BCUT2D eigenvalue weighted by Crippen LogP contribution is -2.48. The molecular weight excluding hydrogens is 320 g/mol. The zero-order valence-corrected chi connectivity index (χ0v) is 13.4. The summed E-state index contributed by atoms with van der Waals surface area (Å²) in [4.78, 5) is 42.0. The third-order valence-corrected chi connectivity index (χ3v) is 4.64. The van der Waals surface area contributed by atoms with E-state index in [4.69, 9.17) is 11.6 Å². The monoisotopic (exact) mass is 336 g/mol. The Bertz CT molecular complexity index is 655. The van der Waals surface area contributed by atoms with E-state index in [-0.39, 0.29) is 5.91 Å². The van der Waals surface area contributed by atoms with E-state index in [0.29, 0.717) is 23.7 Å². The van der Waals surface area contributed by atoms with E-state index in [1.165, 1.54) is 13.1 Å². The summed E-state index contributed by atoms with van der Waals surface area (Å²) in [6, 6.07) is 1.74. The highest BCUT2D eigenvalue weighted by Gasteiger charge is 2.54. The number of pyridine rings is 1. The first-order valence-electron chi connectivity index (χ1n) is 7.51. The van der Waals surface area contributed by atoms with E-state index in [1.54, 1.807) is 12.1 Å². The number of aromatic nitrogens is 1. The molecule has 122 valence electrons. The molecular formula is C15H17ClN4O3. The molecule has 1 saturated carbocycles. The van der Waals surface area contributed by atoms with Crippen LogP contribution in [0.5, 0.6) is 0 Å². The van der Waals surface area contributed by atoms with E-state index in [0.717, 1.165) is 17.7 Å². The molecule has 8 heteroatoms. The lowest BCUT2D eigenvalue weighted by molar-refractivity contribution is -0.136. The van der Waals surface area contributed by atoms with Crippen LogP contribution in [0.3, 0.4) is 0 Å². The summed E-state index contributed by atoms with van der Waals surface area (Å²) in [7, 11) is 0. The fourth-order valence-electron chi connectivity index (χ4n) is 3.12. The maximum atomic E-state index is 12.6. The Kier molecular flexibility index (Phi) is 3.97. The van der Waals surface area contributed by atoms with Crippen molar-refractivity contribution in [3.8, 4) is 0 Å². The number of hydrogen-bond donors (Lipinski definition) is 2. The molecule has 1 unspecified atom stereocenters. The maximum Gasteiger partial charge on any atom is 0.325 e. The van der Waals surface area contributed by atoms with E-state index >= 15 is 0 Å². The van der Waals surface area contributed by atoms with Crippen molar-refractivity contribution in [1.29, 1.82) is 0 Å². The van der Waals surface area contributed by atoms with Crippen LogP contribution in [0, 0.1) is 0 Å². The van der Waals surface area contributed by atoms with E-state index in [9.17, 15) is 14.4 Å². The standard InChI is InChI=1S/C15H17ClN4O3/c1-9(12(21)18-10-4-5-11(16)17-8-10)20-13(22)15(19-14(20)23)6-2-3-7-15/h4-5,8-9H,2-3,6-7H2,1H3,(H,18,21)(H,19,23). The van der Waals surface area contributed by atoms with Crippen LogP contribution in [-0.2, 0) is 9.59 Å². The second kappa shape index (κ2) is 5.81. The molecule has 1 atom stereocenters. The molecule has 7 nitrogen and oxygen atoms in total. The lowest BCUT2D eigenvalue weighted by Gasteiger charge is -2.23. The number of carbonyl (C=O) groups is 3. The molecule has 2 fully saturated rings. The SMILES string of the molecule is CC(C(=O)Nc1ccc(Cl)nc1)N1C(=O)NC2(CCCC2)C1=O. The molecule has 1 aliphatic heterocycles. The minimum absolute atomic E-state index is 0.308. The predicted molar refractivity (Wildman–Crippen MR) is 83.9 cm³/mol. The van der Waals surface area contributed by atoms with Gasteiger partial charge in [0.1, 0.15) is 16.7 Å². The van der Waals surface area contributed by atoms with Gasteiger partial charge in [0.05, 0.1) is 11.9 Å². The zero-order valence-electron chi connectivity index (χ0n) is 12.6. The van der Waals surface area contributed by atoms with Gasteiger partial charge in [-0.15, -0.1) is 0 Å². The number of halogens is 1. The van der Waals surface area contributed by atoms with Gasteiger partial charge in [0, 0.05) is 0 Å². The largest absolute Gasteiger partial charge is 0.325 e. The molecule has 1 aliphatic carbocycles. The summed E-state index contributed by atoms with van der Waals surface area (Å²) < 4.78 is 0. The summed E-state index contributed by atoms with van der Waals surface area (Å²) in [6.07, 6.45) is 4.47. The summed E-state index contributed by atoms with van der Waals surface area (Å²) in [5, 5.41) is 5.71. The van der Waals surface area contributed by atoms with Crippen LogP contribution in [-0.4, -0.2) is 39.3 Å². The maximum absolute atomic E-state index is 12.6. The molecule has 2 heterocycles. The average Bonchev–Trinajstić information content (AvgIpc) is 3.07. The zero-order chi connectivity index (χ0) is 16.6. The second-order valence-corrected chi connectivity index (χ2v) is 6.32. The number of hydrogen-bond acceptors (Lipinski definition) is 4. The number of carbonyl (C=O) groups excluding carboxylic acids is 3. The molecule has 2 N–H and O–H groups in total. The first-order valence-corrected chi connectivity index (χ1v) is 7.89. The minimum Gasteiger partial charge on any atom is -0.323 e. The quantitative estimate of drug-likeness (QED) is 0.651. The molecule has 2 aliphatic rings. The molecule has 4 amide bonds. The molecule has 0 bridgehead atoms. The number of rotatable bonds is 3. The van der Waals surface area contributed by atoms with Gasteiger partial charge in [0.2, 0.25) is 5.91 Å². The van der Waals surface area contributed by atoms with Crippen LogP contribution in [0.4, 0.5) is 10.5 Å². The highest BCUT2D eigenvalue weighted by molar-refractivity contribution is 6.29. The summed E-state index contributed by atoms with van der Waals surface area (Å²) in [5.41, 5.74) is -0.359. The Morgan fingerprint density at radius 3 is 2.70 bits per heavy atom. The van der Waals surface area contributed by atoms with Gasteiger partial charge in [-0.3, -0.25) is 9.59 Å². The van der Waals surface area contributed by atoms with E-state index < -0.39 is 23.5 Å². The highest BCUT2D eigenvalue weighted by Crippen LogP contribution is 2.35. The fourth-order valence-corrected chi connectivity index (χ4v) is 3.24. The number of nitrogens with zero attached hydrogens (tertiary/aromatic N) is 2. The van der Waals surface area contributed by atoms with Crippen molar-refractivity contribution in [3.63, 3.8) is 0 Å². The number of imide groups is 1. The van der Waals surface area contributed by atoms with Gasteiger partial charge in [-0.25, -0.2) is 14.7 Å². The topological polar surface area (TPSA) is 91.4 Å². The van der Waals surface area contributed by atoms with Gasteiger partial charge in [0.25, 0.3) is 5.91 Å². The average molecular weight is 337 g/mol. The molecule has 1 aromatic heterocycles. The van der Waals surface area contributed by atoms with Gasteiger partial charge < -0.3 is 10.6 Å². The third kappa shape index (κ3) is 2.76. The van der Waals surface area contributed by atoms with Crippen LogP contribution in [0.25, 0.3) is 0 Å². The van der Waals surface area contributed by atoms with Crippen molar-refractivity contribution < 1.29 is 14.4 Å². The number of urea groups is 1. The molecule has 0 radical (unpaired) electrons. The van der Waals surface area contributed by atoms with Crippen molar-refractivity contribution in [2.75, 3.05) is 5.32 Å². The first-order chi connectivity index (χ1) is 10.9. The Morgan fingerprint density at radius 1 is 1.39 bits per heavy atom. The van der Waals surface area contributed by atoms with E-state index in [2.05, 4.69) is 15.6 Å². The van der Waals surface area contributed by atoms with Crippen LogP contribution in [0.15, 0.2) is 18.3 Å². The molecule has 3 rings (SSSR count). The Hall–Kier alpha value is -2.15. The lowest BCUT2D eigenvalue weighted by atomic mass is 9.97. The molecule has 1 aromatic rings. The first kappa shape index (κ1) is 15.7. The molecule has 0 aromatic carbocycles. The Labute approximate surface area is 138 Å². The summed E-state index contributed by atoms with van der Waals surface area (Å²) >= 11 is 5.69. The van der Waals surface area contributed by atoms with Gasteiger partial charge in [0.15, 0.2) is 0 Å². The summed E-state index contributed by atoms with van der Waals surface area (Å²) in [6.45, 7) is 1.53. The van der Waals surface area contributed by atoms with Crippen LogP contribution < -0.4 is 10.6 Å². The molecule has 1 spiro atoms. The van der Waals surface area contributed by atoms with Crippen molar-refractivity contribution in [2.24, 2.45) is 0 Å². The van der Waals surface area contributed by atoms with Gasteiger partial charge in [-0.2, -0.15) is 0 Å². The Balaban J connectivity index is 1.73. The van der Waals surface area contributed by atoms with Crippen LogP contribution >= 0.6 is 11.6 Å². The number of anilines is 1. The number of amides is 4. The smallest absolute Gasteiger partial charge is 0.323 e. The van der Waals surface area contributed by atoms with Crippen molar-refractivity contribution in [3.05, 3.63) is 23.5 Å². The molecule has 23 heavy (non-hydrogen) atoms. The van der Waals surface area contributed by atoms with Gasteiger partial charge in [-0.05, 0) is 31.9 Å². The third-order valence-electron chi connectivity index (χ3n) is 4.41. The normalized spacial score (nSPS) is 20.7. The molecule has 1 saturated heterocycles. The second-order valence-electron chi connectivity index (χ2n) is 5.93. The van der Waals surface area contributed by atoms with Crippen molar-refractivity contribution in [1.82, 2.24) is 15.2 Å². The number of nitrogens with one attached hydrogen (secondary N) is 2. The van der Waals surface area contributed by atoms with Crippen molar-refractivity contribution in [2.45, 2.75) is 44.2 Å².